The summed E-state index contributed by atoms with van der Waals surface area (Å²) in [5.41, 5.74) is 16.5. The predicted molar refractivity (Wildman–Crippen MR) is 156 cm³/mol. The van der Waals surface area contributed by atoms with Crippen molar-refractivity contribution in [1.82, 2.24) is 19.5 Å². The number of carbonyl (C=O) groups is 1. The number of hydrogen-bond acceptors (Lipinski definition) is 6. The molecule has 0 aliphatic heterocycles. The maximum Gasteiger partial charge on any atom is 0.249 e. The zero-order chi connectivity index (χ0) is 28.4. The molecule has 208 valence electrons. The highest BCUT2D eigenvalue weighted by atomic mass is 19.1. The molecule has 39 heavy (non-hydrogen) atoms. The first kappa shape index (κ1) is 29.7. The fourth-order valence-electron chi connectivity index (χ4n) is 4.41. The van der Waals surface area contributed by atoms with Gasteiger partial charge in [-0.05, 0) is 86.3 Å². The van der Waals surface area contributed by atoms with Crippen LogP contribution in [-0.4, -0.2) is 45.0 Å². The molecule has 0 aliphatic rings. The lowest BCUT2D eigenvalue weighted by Crippen LogP contribution is -2.27. The third-order valence-electron chi connectivity index (χ3n) is 6.59. The molecule has 0 aliphatic carbocycles. The second-order valence-electron chi connectivity index (χ2n) is 9.43. The van der Waals surface area contributed by atoms with Crippen LogP contribution in [0, 0.1) is 5.82 Å². The lowest BCUT2D eigenvalue weighted by atomic mass is 9.98. The number of fused-ring (bicyclic) bond motifs is 1. The van der Waals surface area contributed by atoms with Gasteiger partial charge in [0.05, 0.1) is 0 Å². The van der Waals surface area contributed by atoms with Gasteiger partial charge < -0.3 is 21.7 Å². The molecule has 0 fully saturated rings. The molecule has 4 rings (SSSR count). The monoisotopic (exact) mass is 533 g/mol. The number of nitrogens with one attached hydrogen (secondary N) is 1. The molecule has 0 spiro atoms. The van der Waals surface area contributed by atoms with Crippen LogP contribution in [0.25, 0.3) is 5.52 Å². The first-order valence-corrected chi connectivity index (χ1v) is 13.5. The first-order valence-electron chi connectivity index (χ1n) is 13.5. The van der Waals surface area contributed by atoms with Crippen LogP contribution in [0.15, 0.2) is 61.1 Å². The summed E-state index contributed by atoms with van der Waals surface area (Å²) in [5.74, 6) is -0.151. The summed E-state index contributed by atoms with van der Waals surface area (Å²) in [5, 5.41) is 7.69. The minimum atomic E-state index is -0.513. The molecule has 5 N–H and O–H groups in total. The second-order valence-corrected chi connectivity index (χ2v) is 9.43. The fourth-order valence-corrected chi connectivity index (χ4v) is 4.41. The van der Waals surface area contributed by atoms with Crippen molar-refractivity contribution in [3.05, 3.63) is 89.1 Å². The molecular formula is C30H40FN7O. The van der Waals surface area contributed by atoms with E-state index >= 15 is 0 Å². The van der Waals surface area contributed by atoms with Gasteiger partial charge in [-0.2, -0.15) is 5.10 Å². The summed E-state index contributed by atoms with van der Waals surface area (Å²) in [6.45, 7) is 7.71. The Morgan fingerprint density at radius 1 is 1.13 bits per heavy atom. The molecule has 0 radical (unpaired) electrons. The zero-order valence-corrected chi connectivity index (χ0v) is 23.3. The Hall–Kier alpha value is -3.82. The van der Waals surface area contributed by atoms with Crippen molar-refractivity contribution in [2.75, 3.05) is 18.9 Å². The third kappa shape index (κ3) is 8.08. The van der Waals surface area contributed by atoms with Crippen LogP contribution in [0.3, 0.4) is 0 Å². The van der Waals surface area contributed by atoms with E-state index in [0.717, 1.165) is 48.1 Å². The minimum Gasteiger partial charge on any atom is -0.366 e. The quantitative estimate of drug-likeness (QED) is 0.234. The summed E-state index contributed by atoms with van der Waals surface area (Å²) in [6, 6.07) is 14.2. The summed E-state index contributed by atoms with van der Waals surface area (Å²) >= 11 is 0. The molecule has 1 unspecified atom stereocenters. The van der Waals surface area contributed by atoms with E-state index in [1.807, 2.05) is 44.3 Å². The maximum absolute atomic E-state index is 13.5. The van der Waals surface area contributed by atoms with E-state index in [0.29, 0.717) is 29.9 Å². The molecule has 2 aromatic heterocycles. The topological polar surface area (TPSA) is 115 Å². The molecule has 9 heteroatoms. The third-order valence-corrected chi connectivity index (χ3v) is 6.59. The molecule has 0 bridgehead atoms. The second kappa shape index (κ2) is 14.4. The van der Waals surface area contributed by atoms with Crippen molar-refractivity contribution < 1.29 is 9.18 Å². The van der Waals surface area contributed by atoms with E-state index in [4.69, 9.17) is 11.5 Å². The Bertz CT molecular complexity index is 1370. The van der Waals surface area contributed by atoms with Gasteiger partial charge in [-0.3, -0.25) is 4.79 Å². The van der Waals surface area contributed by atoms with Gasteiger partial charge in [0.2, 0.25) is 5.91 Å². The first-order chi connectivity index (χ1) is 18.8. The van der Waals surface area contributed by atoms with Crippen molar-refractivity contribution >= 4 is 22.9 Å². The van der Waals surface area contributed by atoms with Crippen LogP contribution in [0.4, 0.5) is 15.9 Å². The Morgan fingerprint density at radius 3 is 2.64 bits per heavy atom. The van der Waals surface area contributed by atoms with Crippen LogP contribution in [0.2, 0.25) is 0 Å². The Morgan fingerprint density at radius 2 is 1.92 bits per heavy atom. The summed E-state index contributed by atoms with van der Waals surface area (Å²) in [4.78, 5) is 19.0. The van der Waals surface area contributed by atoms with E-state index < -0.39 is 5.91 Å². The number of aryl methyl sites for hydroxylation is 2. The largest absolute Gasteiger partial charge is 0.366 e. The molecule has 8 nitrogen and oxygen atoms in total. The maximum atomic E-state index is 13.5. The molecule has 1 amide bonds. The summed E-state index contributed by atoms with van der Waals surface area (Å²) in [6.07, 6.45) is 6.46. The van der Waals surface area contributed by atoms with Crippen molar-refractivity contribution in [3.63, 3.8) is 0 Å². The van der Waals surface area contributed by atoms with Crippen LogP contribution < -0.4 is 16.8 Å². The van der Waals surface area contributed by atoms with Gasteiger partial charge in [-0.1, -0.05) is 39.0 Å². The fraction of sp³-hybridized carbons (Fsp3) is 0.367. The van der Waals surface area contributed by atoms with Gasteiger partial charge in [0, 0.05) is 30.0 Å². The Balaban J connectivity index is 0.00000205. The lowest BCUT2D eigenvalue weighted by Gasteiger charge is -2.19. The summed E-state index contributed by atoms with van der Waals surface area (Å²) < 4.78 is 15.3. The molecule has 0 saturated carbocycles. The number of anilines is 2. The van der Waals surface area contributed by atoms with Crippen molar-refractivity contribution in [2.45, 2.75) is 59.0 Å². The molecule has 2 aromatic carbocycles. The van der Waals surface area contributed by atoms with Gasteiger partial charge in [0.1, 0.15) is 17.7 Å². The van der Waals surface area contributed by atoms with E-state index in [9.17, 15) is 9.18 Å². The van der Waals surface area contributed by atoms with E-state index in [1.165, 1.54) is 18.5 Å². The number of nitrogens with zero attached hydrogens (tertiary/aromatic N) is 4. The number of rotatable bonds is 12. The molecule has 2 heterocycles. The lowest BCUT2D eigenvalue weighted by molar-refractivity contribution is 0.0999. The number of primary amides is 1. The SMILES string of the molecule is CC.CCC(N)CCN(C)Cc1ccn2ncnc(Nc3ccc(CCc4cccc(F)c4)c(C(N)=O)c3)c12. The number of carbonyl (C=O) groups excluding carboxylic acids is 1. The highest BCUT2D eigenvalue weighted by molar-refractivity contribution is 5.95. The zero-order valence-electron chi connectivity index (χ0n) is 23.3. The predicted octanol–water partition coefficient (Wildman–Crippen LogP) is 5.08. The Labute approximate surface area is 230 Å². The molecule has 0 saturated heterocycles. The molecule has 4 aromatic rings. The van der Waals surface area contributed by atoms with Gasteiger partial charge in [0.15, 0.2) is 5.82 Å². The highest BCUT2D eigenvalue weighted by Gasteiger charge is 2.15. The number of benzene rings is 2. The van der Waals surface area contributed by atoms with E-state index in [2.05, 4.69) is 34.3 Å². The number of aromatic nitrogens is 3. The highest BCUT2D eigenvalue weighted by Crippen LogP contribution is 2.26. The van der Waals surface area contributed by atoms with E-state index in [-0.39, 0.29) is 11.9 Å². The van der Waals surface area contributed by atoms with Crippen molar-refractivity contribution in [1.29, 1.82) is 0 Å². The Kier molecular flexibility index (Phi) is 11.0. The number of nitrogens with two attached hydrogens (primary N) is 2. The average Bonchev–Trinajstić information content (AvgIpc) is 3.35. The van der Waals surface area contributed by atoms with Crippen LogP contribution in [0.5, 0.6) is 0 Å². The molecule has 1 atom stereocenters. The normalized spacial score (nSPS) is 11.8. The summed E-state index contributed by atoms with van der Waals surface area (Å²) in [7, 11) is 2.07. The van der Waals surface area contributed by atoms with Crippen LogP contribution in [-0.2, 0) is 19.4 Å². The average molecular weight is 534 g/mol. The molecular weight excluding hydrogens is 493 g/mol. The van der Waals surface area contributed by atoms with Crippen molar-refractivity contribution in [3.8, 4) is 0 Å². The van der Waals surface area contributed by atoms with Gasteiger partial charge in [-0.25, -0.2) is 13.9 Å². The number of hydrogen-bond donors (Lipinski definition) is 3. The minimum absolute atomic E-state index is 0.199. The van der Waals surface area contributed by atoms with Crippen LogP contribution >= 0.6 is 0 Å². The van der Waals surface area contributed by atoms with Gasteiger partial charge in [0.25, 0.3) is 0 Å². The smallest absolute Gasteiger partial charge is 0.249 e. The van der Waals surface area contributed by atoms with Crippen molar-refractivity contribution in [2.24, 2.45) is 11.5 Å². The number of amides is 1. The van der Waals surface area contributed by atoms with Gasteiger partial charge in [-0.15, -0.1) is 0 Å². The van der Waals surface area contributed by atoms with E-state index in [1.54, 1.807) is 16.6 Å². The van der Waals surface area contributed by atoms with Crippen LogP contribution in [0.1, 0.15) is 60.7 Å². The standard InChI is InChI=1S/C28H34FN7O.C2H6/c1-3-23(30)12-13-35(2)17-21-11-14-36-26(21)28(32-18-33-36)34-24-10-9-20(25(16-24)27(31)37)8-7-19-5-4-6-22(29)15-19;1-2/h4-6,9-11,14-16,18,23H,3,7-8,12-13,17,30H2,1-2H3,(H2,31,37)(H,32,33,34);1-2H3. The number of halogens is 1. The van der Waals surface area contributed by atoms with Gasteiger partial charge >= 0.3 is 0 Å².